The molecule has 1 fully saturated rings. The number of aromatic nitrogens is 2. The third-order valence-corrected chi connectivity index (χ3v) is 7.05. The van der Waals surface area contributed by atoms with E-state index in [1.54, 1.807) is 6.07 Å². The lowest BCUT2D eigenvalue weighted by Crippen LogP contribution is -2.33. The van der Waals surface area contributed by atoms with Crippen LogP contribution in [0.3, 0.4) is 0 Å². The molecule has 30 heavy (non-hydrogen) atoms. The molecule has 2 aliphatic rings. The molecular formula is C25H24ClN3O. The Morgan fingerprint density at radius 3 is 2.73 bits per heavy atom. The number of piperidine rings is 1. The van der Waals surface area contributed by atoms with Gasteiger partial charge in [-0.05, 0) is 75.0 Å². The first kappa shape index (κ1) is 19.4. The number of hydrogen-bond donors (Lipinski definition) is 0. The van der Waals surface area contributed by atoms with Crippen molar-refractivity contribution < 1.29 is 0 Å². The highest BCUT2D eigenvalue weighted by Gasteiger charge is 2.39. The number of terminal acetylenes is 1. The van der Waals surface area contributed by atoms with Crippen LogP contribution in [0.1, 0.15) is 49.6 Å². The molecule has 0 spiro atoms. The Kier molecular flexibility index (Phi) is 4.50. The van der Waals surface area contributed by atoms with Crippen molar-refractivity contribution in [3.8, 4) is 18.0 Å². The van der Waals surface area contributed by atoms with Crippen LogP contribution in [0.2, 0.25) is 5.02 Å². The average Bonchev–Trinajstić information content (AvgIpc) is 2.95. The Hall–Kier alpha value is -2.61. The van der Waals surface area contributed by atoms with E-state index in [-0.39, 0.29) is 11.0 Å². The Labute approximate surface area is 181 Å². The molecule has 5 rings (SSSR count). The van der Waals surface area contributed by atoms with E-state index in [0.717, 1.165) is 49.5 Å². The standard InChI is InChI=1S/C25H24ClN3O/c1-4-12-28-13-10-16(11-14-28)17-8-9-18-21(15-17)29-20-7-5-6-19(26)22(20)23(30)27-24(29)25(18,2)3/h1,5-9,15-16H,10-14H2,2-3H3. The monoisotopic (exact) mass is 417 g/mol. The van der Waals surface area contributed by atoms with Gasteiger partial charge in [0, 0.05) is 0 Å². The second-order valence-corrected chi connectivity index (χ2v) is 9.27. The van der Waals surface area contributed by atoms with Gasteiger partial charge in [0.1, 0.15) is 5.82 Å². The number of halogens is 1. The first-order valence-corrected chi connectivity index (χ1v) is 10.8. The van der Waals surface area contributed by atoms with Crippen LogP contribution in [-0.4, -0.2) is 34.1 Å². The van der Waals surface area contributed by atoms with E-state index < -0.39 is 0 Å². The number of fused-ring (bicyclic) bond motifs is 5. The van der Waals surface area contributed by atoms with Gasteiger partial charge in [0.2, 0.25) is 0 Å². The van der Waals surface area contributed by atoms with Crippen LogP contribution in [0.5, 0.6) is 0 Å². The predicted octanol–water partition coefficient (Wildman–Crippen LogP) is 4.49. The van der Waals surface area contributed by atoms with Crippen molar-refractivity contribution in [2.24, 2.45) is 0 Å². The number of likely N-dealkylation sites (tertiary alicyclic amines) is 1. The van der Waals surface area contributed by atoms with Gasteiger partial charge in [-0.1, -0.05) is 35.7 Å². The lowest BCUT2D eigenvalue weighted by atomic mass is 9.83. The van der Waals surface area contributed by atoms with Gasteiger partial charge in [-0.25, -0.2) is 0 Å². The van der Waals surface area contributed by atoms with E-state index in [2.05, 4.69) is 52.4 Å². The van der Waals surface area contributed by atoms with E-state index in [9.17, 15) is 4.79 Å². The molecule has 0 unspecified atom stereocenters. The van der Waals surface area contributed by atoms with Gasteiger partial charge in [-0.2, -0.15) is 4.98 Å². The molecule has 0 N–H and O–H groups in total. The molecule has 3 aromatic rings. The van der Waals surface area contributed by atoms with Crippen LogP contribution in [0.25, 0.3) is 16.6 Å². The van der Waals surface area contributed by atoms with Crippen molar-refractivity contribution in [1.29, 1.82) is 0 Å². The van der Waals surface area contributed by atoms with E-state index in [0.29, 0.717) is 16.3 Å². The number of rotatable bonds is 2. The number of nitrogens with zero attached hydrogens (tertiary/aromatic N) is 3. The third-order valence-electron chi connectivity index (χ3n) is 6.73. The molecule has 152 valence electrons. The molecule has 0 aliphatic carbocycles. The highest BCUT2D eigenvalue weighted by molar-refractivity contribution is 6.35. The summed E-state index contributed by atoms with van der Waals surface area (Å²) in [6.45, 7) is 7.04. The maximum absolute atomic E-state index is 12.8. The van der Waals surface area contributed by atoms with E-state index in [1.165, 1.54) is 11.1 Å². The van der Waals surface area contributed by atoms with Crippen LogP contribution >= 0.6 is 11.6 Å². The zero-order valence-electron chi connectivity index (χ0n) is 17.3. The third kappa shape index (κ3) is 2.80. The topological polar surface area (TPSA) is 38.1 Å². The number of benzene rings is 2. The van der Waals surface area contributed by atoms with Crippen molar-refractivity contribution in [2.75, 3.05) is 19.6 Å². The molecule has 1 saturated heterocycles. The van der Waals surface area contributed by atoms with Gasteiger partial charge in [-0.3, -0.25) is 14.3 Å². The normalized spacial score (nSPS) is 18.2. The first-order chi connectivity index (χ1) is 14.4. The van der Waals surface area contributed by atoms with Crippen LogP contribution < -0.4 is 5.56 Å². The van der Waals surface area contributed by atoms with Crippen LogP contribution in [-0.2, 0) is 5.41 Å². The van der Waals surface area contributed by atoms with Gasteiger partial charge in [0.05, 0.1) is 33.6 Å². The van der Waals surface area contributed by atoms with Gasteiger partial charge < -0.3 is 0 Å². The summed E-state index contributed by atoms with van der Waals surface area (Å²) in [4.78, 5) is 19.6. The molecular weight excluding hydrogens is 394 g/mol. The zero-order valence-corrected chi connectivity index (χ0v) is 18.0. The highest BCUT2D eigenvalue weighted by Crippen LogP contribution is 2.44. The quantitative estimate of drug-likeness (QED) is 0.576. The molecule has 5 heteroatoms. The fraction of sp³-hybridized carbons (Fsp3) is 0.360. The summed E-state index contributed by atoms with van der Waals surface area (Å²) < 4.78 is 2.13. The zero-order chi connectivity index (χ0) is 21.0. The van der Waals surface area contributed by atoms with Crippen molar-refractivity contribution in [2.45, 2.75) is 38.0 Å². The second kappa shape index (κ2) is 6.97. The Balaban J connectivity index is 1.65. The minimum atomic E-state index is -0.348. The van der Waals surface area contributed by atoms with Crippen LogP contribution in [0.15, 0.2) is 41.2 Å². The summed E-state index contributed by atoms with van der Waals surface area (Å²) in [6, 6.07) is 12.4. The molecule has 4 nitrogen and oxygen atoms in total. The van der Waals surface area contributed by atoms with Crippen molar-refractivity contribution in [3.05, 3.63) is 68.7 Å². The molecule has 1 aromatic heterocycles. The van der Waals surface area contributed by atoms with Crippen molar-refractivity contribution >= 4 is 22.5 Å². The van der Waals surface area contributed by atoms with E-state index in [1.807, 2.05) is 12.1 Å². The van der Waals surface area contributed by atoms with E-state index in [4.69, 9.17) is 18.0 Å². The van der Waals surface area contributed by atoms with E-state index >= 15 is 0 Å². The highest BCUT2D eigenvalue weighted by atomic mass is 35.5. The Bertz CT molecular complexity index is 1260. The lowest BCUT2D eigenvalue weighted by molar-refractivity contribution is 0.236. The van der Waals surface area contributed by atoms with Gasteiger partial charge in [0.15, 0.2) is 0 Å². The van der Waals surface area contributed by atoms with Gasteiger partial charge >= 0.3 is 0 Å². The summed E-state index contributed by atoms with van der Waals surface area (Å²) in [5.74, 6) is 4.04. The summed E-state index contributed by atoms with van der Waals surface area (Å²) in [5, 5.41) is 0.933. The van der Waals surface area contributed by atoms with Crippen LogP contribution in [0.4, 0.5) is 0 Å². The minimum Gasteiger partial charge on any atom is -0.296 e. The Morgan fingerprint density at radius 2 is 2.00 bits per heavy atom. The summed E-state index contributed by atoms with van der Waals surface area (Å²) in [6.07, 6.45) is 7.68. The molecule has 0 atom stereocenters. The molecule has 0 bridgehead atoms. The lowest BCUT2D eigenvalue weighted by Gasteiger charge is -2.31. The summed E-state index contributed by atoms with van der Waals surface area (Å²) in [7, 11) is 0. The van der Waals surface area contributed by atoms with Crippen LogP contribution in [0, 0.1) is 12.3 Å². The molecule has 0 amide bonds. The van der Waals surface area contributed by atoms with Crippen molar-refractivity contribution in [3.63, 3.8) is 0 Å². The Morgan fingerprint density at radius 1 is 1.23 bits per heavy atom. The molecule has 2 aromatic carbocycles. The van der Waals surface area contributed by atoms with Crippen molar-refractivity contribution in [1.82, 2.24) is 14.5 Å². The first-order valence-electron chi connectivity index (χ1n) is 10.4. The average molecular weight is 418 g/mol. The molecule has 3 heterocycles. The predicted molar refractivity (Wildman–Crippen MR) is 122 cm³/mol. The second-order valence-electron chi connectivity index (χ2n) is 8.87. The largest absolute Gasteiger partial charge is 0.296 e. The smallest absolute Gasteiger partial charge is 0.282 e. The minimum absolute atomic E-state index is 0.260. The molecule has 2 aliphatic heterocycles. The fourth-order valence-corrected chi connectivity index (χ4v) is 5.33. The molecule has 0 radical (unpaired) electrons. The SMILES string of the molecule is C#CCN1CCC(c2ccc3c(c2)-n2c(nc(=O)c4c(Cl)cccc42)C3(C)C)CC1. The van der Waals surface area contributed by atoms with Gasteiger partial charge in [-0.15, -0.1) is 6.42 Å². The summed E-state index contributed by atoms with van der Waals surface area (Å²) in [5.41, 5.74) is 3.86. The maximum Gasteiger partial charge on any atom is 0.282 e. The summed E-state index contributed by atoms with van der Waals surface area (Å²) >= 11 is 6.38. The fourth-order valence-electron chi connectivity index (χ4n) is 5.08. The number of hydrogen-bond acceptors (Lipinski definition) is 3. The van der Waals surface area contributed by atoms with Gasteiger partial charge in [0.25, 0.3) is 5.56 Å². The molecule has 0 saturated carbocycles. The maximum atomic E-state index is 12.8.